The number of ether oxygens (including phenoxy) is 3. The number of piperidine rings is 1. The van der Waals surface area contributed by atoms with Crippen molar-refractivity contribution in [1.82, 2.24) is 10.6 Å². The number of hydrogen-bond donors (Lipinski definition) is 2. The van der Waals surface area contributed by atoms with Gasteiger partial charge in [-0.05, 0) is 54.8 Å². The van der Waals surface area contributed by atoms with Gasteiger partial charge in [-0.25, -0.2) is 0 Å². The normalized spacial score (nSPS) is 21.9. The highest BCUT2D eigenvalue weighted by Gasteiger charge is 2.27. The smallest absolute Gasteiger partial charge is 0.220 e. The molecular formula is C22H27ClN2O4. The SMILES string of the molecule is COc1ccc2cc1Oc1cccc(c1)CO[C@@H]1CCNC[C@@H]1NC(=O)CC2.Cl. The third kappa shape index (κ3) is 5.41. The van der Waals surface area contributed by atoms with Gasteiger partial charge in [0.15, 0.2) is 11.5 Å². The van der Waals surface area contributed by atoms with Gasteiger partial charge in [0.2, 0.25) is 5.91 Å². The van der Waals surface area contributed by atoms with Crippen molar-refractivity contribution in [2.45, 2.75) is 38.0 Å². The number of hydrogen-bond acceptors (Lipinski definition) is 5. The molecule has 2 atom stereocenters. The van der Waals surface area contributed by atoms with Crippen LogP contribution in [0.25, 0.3) is 0 Å². The molecule has 4 rings (SSSR count). The summed E-state index contributed by atoms with van der Waals surface area (Å²) in [4.78, 5) is 12.5. The van der Waals surface area contributed by atoms with E-state index in [4.69, 9.17) is 14.2 Å². The van der Waals surface area contributed by atoms with Crippen LogP contribution in [0, 0.1) is 0 Å². The fourth-order valence-electron chi connectivity index (χ4n) is 3.70. The standard InChI is InChI=1S/C22H26N2O4.ClH/c1-26-20-7-5-15-6-8-22(25)24-18-13-23-10-9-19(18)27-14-16-3-2-4-17(11-16)28-21(20)12-15;/h2-5,7,11-12,18-19,23H,6,8-10,13-14H2,1H3,(H,24,25);1H/t18-,19+;/m0./s1. The monoisotopic (exact) mass is 418 g/mol. The van der Waals surface area contributed by atoms with E-state index in [0.29, 0.717) is 30.9 Å². The van der Waals surface area contributed by atoms with Gasteiger partial charge < -0.3 is 24.8 Å². The number of carbonyl (C=O) groups excluding carboxylic acids is 1. The second-order valence-electron chi connectivity index (χ2n) is 7.25. The average molecular weight is 419 g/mol. The molecule has 4 bridgehead atoms. The van der Waals surface area contributed by atoms with Crippen LogP contribution >= 0.6 is 12.4 Å². The molecule has 0 aliphatic carbocycles. The van der Waals surface area contributed by atoms with E-state index < -0.39 is 0 Å². The third-order valence-corrected chi connectivity index (χ3v) is 5.22. The van der Waals surface area contributed by atoms with Crippen molar-refractivity contribution in [2.75, 3.05) is 20.2 Å². The van der Waals surface area contributed by atoms with Gasteiger partial charge in [0, 0.05) is 13.0 Å². The van der Waals surface area contributed by atoms with Crippen molar-refractivity contribution in [3.63, 3.8) is 0 Å². The minimum atomic E-state index is -0.0164. The molecule has 0 aromatic heterocycles. The molecule has 0 spiro atoms. The van der Waals surface area contributed by atoms with Crippen LogP contribution in [0.1, 0.15) is 24.0 Å². The van der Waals surface area contributed by atoms with Gasteiger partial charge in [-0.3, -0.25) is 4.79 Å². The largest absolute Gasteiger partial charge is 0.493 e. The first-order valence-electron chi connectivity index (χ1n) is 9.76. The highest BCUT2D eigenvalue weighted by atomic mass is 35.5. The number of nitrogens with one attached hydrogen (secondary N) is 2. The van der Waals surface area contributed by atoms with Crippen LogP contribution in [0.15, 0.2) is 42.5 Å². The minimum absolute atomic E-state index is 0. The number of aryl methyl sites for hydroxylation is 1. The van der Waals surface area contributed by atoms with Crippen molar-refractivity contribution in [3.8, 4) is 17.2 Å². The van der Waals surface area contributed by atoms with E-state index in [2.05, 4.69) is 10.6 Å². The highest BCUT2D eigenvalue weighted by Crippen LogP contribution is 2.33. The summed E-state index contributed by atoms with van der Waals surface area (Å²) < 4.78 is 17.7. The molecule has 7 heteroatoms. The Balaban J connectivity index is 0.00000240. The zero-order chi connectivity index (χ0) is 19.3. The Morgan fingerprint density at radius 2 is 2.00 bits per heavy atom. The highest BCUT2D eigenvalue weighted by molar-refractivity contribution is 5.85. The zero-order valence-electron chi connectivity index (χ0n) is 16.5. The van der Waals surface area contributed by atoms with E-state index in [1.54, 1.807) is 7.11 Å². The summed E-state index contributed by atoms with van der Waals surface area (Å²) in [6.07, 6.45) is 1.93. The van der Waals surface area contributed by atoms with Crippen LogP contribution in [0.5, 0.6) is 17.2 Å². The van der Waals surface area contributed by atoms with Gasteiger partial charge in [-0.2, -0.15) is 0 Å². The Bertz CT molecular complexity index is 845. The molecule has 0 radical (unpaired) electrons. The van der Waals surface area contributed by atoms with Gasteiger partial charge in [0.05, 0.1) is 25.9 Å². The number of carbonyl (C=O) groups is 1. The Morgan fingerprint density at radius 3 is 2.86 bits per heavy atom. The molecule has 2 heterocycles. The zero-order valence-corrected chi connectivity index (χ0v) is 17.3. The topological polar surface area (TPSA) is 68.8 Å². The summed E-state index contributed by atoms with van der Waals surface area (Å²) in [6.45, 7) is 2.10. The molecule has 2 N–H and O–H groups in total. The van der Waals surface area contributed by atoms with E-state index in [-0.39, 0.29) is 30.5 Å². The van der Waals surface area contributed by atoms with Gasteiger partial charge in [-0.1, -0.05) is 18.2 Å². The third-order valence-electron chi connectivity index (χ3n) is 5.22. The summed E-state index contributed by atoms with van der Waals surface area (Å²) in [5, 5.41) is 6.49. The summed E-state index contributed by atoms with van der Waals surface area (Å²) in [5.74, 6) is 2.08. The lowest BCUT2D eigenvalue weighted by molar-refractivity contribution is -0.123. The molecule has 2 aliphatic heterocycles. The maximum absolute atomic E-state index is 12.5. The Labute approximate surface area is 177 Å². The van der Waals surface area contributed by atoms with E-state index >= 15 is 0 Å². The van der Waals surface area contributed by atoms with E-state index in [0.717, 1.165) is 36.4 Å². The van der Waals surface area contributed by atoms with Crippen LogP contribution in [0.2, 0.25) is 0 Å². The minimum Gasteiger partial charge on any atom is -0.493 e. The fraction of sp³-hybridized carbons (Fsp3) is 0.409. The maximum atomic E-state index is 12.5. The number of amides is 1. The second kappa shape index (κ2) is 9.96. The van der Waals surface area contributed by atoms with Gasteiger partial charge >= 0.3 is 0 Å². The van der Waals surface area contributed by atoms with Crippen molar-refractivity contribution in [3.05, 3.63) is 53.6 Å². The van der Waals surface area contributed by atoms with Crippen molar-refractivity contribution in [2.24, 2.45) is 0 Å². The van der Waals surface area contributed by atoms with Gasteiger partial charge in [0.25, 0.3) is 0 Å². The van der Waals surface area contributed by atoms with Crippen molar-refractivity contribution < 1.29 is 19.0 Å². The lowest BCUT2D eigenvalue weighted by Gasteiger charge is -2.32. The molecule has 2 aromatic rings. The van der Waals surface area contributed by atoms with E-state index in [1.807, 2.05) is 42.5 Å². The molecule has 1 fully saturated rings. The second-order valence-corrected chi connectivity index (χ2v) is 7.25. The van der Waals surface area contributed by atoms with Crippen LogP contribution in [0.3, 0.4) is 0 Å². The number of fused-ring (bicyclic) bond motifs is 5. The Hall–Kier alpha value is -2.28. The molecule has 2 aromatic carbocycles. The molecule has 1 saturated heterocycles. The lowest BCUT2D eigenvalue weighted by Crippen LogP contribution is -2.54. The summed E-state index contributed by atoms with van der Waals surface area (Å²) in [6, 6.07) is 13.7. The van der Waals surface area contributed by atoms with Crippen LogP contribution in [-0.4, -0.2) is 38.3 Å². The van der Waals surface area contributed by atoms with Gasteiger partial charge in [0.1, 0.15) is 5.75 Å². The Morgan fingerprint density at radius 1 is 1.10 bits per heavy atom. The predicted molar refractivity (Wildman–Crippen MR) is 113 cm³/mol. The average Bonchev–Trinajstić information content (AvgIpc) is 2.72. The number of rotatable bonds is 1. The molecule has 156 valence electrons. The van der Waals surface area contributed by atoms with Gasteiger partial charge in [-0.15, -0.1) is 12.4 Å². The summed E-state index contributed by atoms with van der Waals surface area (Å²) >= 11 is 0. The first-order chi connectivity index (χ1) is 13.7. The molecule has 2 aliphatic rings. The molecule has 29 heavy (non-hydrogen) atoms. The van der Waals surface area contributed by atoms with Crippen molar-refractivity contribution >= 4 is 18.3 Å². The van der Waals surface area contributed by atoms with Crippen LogP contribution in [0.4, 0.5) is 0 Å². The van der Waals surface area contributed by atoms with E-state index in [1.165, 1.54) is 0 Å². The summed E-state index contributed by atoms with van der Waals surface area (Å²) in [7, 11) is 1.62. The predicted octanol–water partition coefficient (Wildman–Crippen LogP) is 3.22. The lowest BCUT2D eigenvalue weighted by atomic mass is 10.0. The first kappa shape index (κ1) is 21.4. The molecule has 1 amide bonds. The molecular weight excluding hydrogens is 392 g/mol. The number of halogens is 1. The first-order valence-corrected chi connectivity index (χ1v) is 9.76. The fourth-order valence-corrected chi connectivity index (χ4v) is 3.70. The molecule has 0 unspecified atom stereocenters. The number of benzene rings is 2. The quantitative estimate of drug-likeness (QED) is 0.744. The Kier molecular flexibility index (Phi) is 7.36. The summed E-state index contributed by atoms with van der Waals surface area (Å²) in [5.41, 5.74) is 2.07. The maximum Gasteiger partial charge on any atom is 0.220 e. The van der Waals surface area contributed by atoms with Crippen LogP contribution in [-0.2, 0) is 22.6 Å². The van der Waals surface area contributed by atoms with Crippen molar-refractivity contribution in [1.29, 1.82) is 0 Å². The molecule has 6 nitrogen and oxygen atoms in total. The molecule has 0 saturated carbocycles. The number of methoxy groups -OCH3 is 1. The van der Waals surface area contributed by atoms with Crippen LogP contribution < -0.4 is 20.1 Å². The van der Waals surface area contributed by atoms with E-state index in [9.17, 15) is 4.79 Å².